The molecular weight excluding hydrogens is 210 g/mol. The average Bonchev–Trinajstić information content (AvgIpc) is 2.94. The van der Waals surface area contributed by atoms with Gasteiger partial charge in [-0.3, -0.25) is 4.68 Å². The van der Waals surface area contributed by atoms with Crippen LogP contribution in [0.1, 0.15) is 50.9 Å². The zero-order valence-corrected chi connectivity index (χ0v) is 11.4. The fourth-order valence-corrected chi connectivity index (χ4v) is 2.90. The fraction of sp³-hybridized carbons (Fsp3) is 0.786. The van der Waals surface area contributed by atoms with Crippen LogP contribution < -0.4 is 5.32 Å². The van der Waals surface area contributed by atoms with Gasteiger partial charge < -0.3 is 5.32 Å². The van der Waals surface area contributed by atoms with E-state index in [1.807, 2.05) is 0 Å². The molecule has 1 saturated carbocycles. The number of rotatable bonds is 5. The normalized spacial score (nSPS) is 18.8. The number of hydrogen-bond acceptors (Lipinski definition) is 2. The van der Waals surface area contributed by atoms with Gasteiger partial charge in [0.25, 0.3) is 0 Å². The van der Waals surface area contributed by atoms with E-state index >= 15 is 0 Å². The lowest BCUT2D eigenvalue weighted by Crippen LogP contribution is -2.32. The Labute approximate surface area is 105 Å². The molecule has 1 fully saturated rings. The van der Waals surface area contributed by atoms with Crippen LogP contribution in [0.2, 0.25) is 0 Å². The standard InChI is InChI=1S/C14H25N3/c1-4-17-14(9-11(2)16-17)10-15-12(3)13-7-5-6-8-13/h9,12-13,15H,4-8,10H2,1-3H3. The molecule has 1 atom stereocenters. The van der Waals surface area contributed by atoms with Gasteiger partial charge in [0.1, 0.15) is 0 Å². The predicted molar refractivity (Wildman–Crippen MR) is 70.9 cm³/mol. The van der Waals surface area contributed by atoms with Gasteiger partial charge in [0, 0.05) is 19.1 Å². The Balaban J connectivity index is 1.87. The minimum absolute atomic E-state index is 0.637. The molecule has 0 radical (unpaired) electrons. The lowest BCUT2D eigenvalue weighted by Gasteiger charge is -2.20. The molecule has 0 amide bonds. The van der Waals surface area contributed by atoms with Gasteiger partial charge >= 0.3 is 0 Å². The minimum Gasteiger partial charge on any atom is -0.308 e. The maximum Gasteiger partial charge on any atom is 0.0597 e. The van der Waals surface area contributed by atoms with E-state index < -0.39 is 0 Å². The van der Waals surface area contributed by atoms with Crippen molar-refractivity contribution in [2.24, 2.45) is 5.92 Å². The Morgan fingerprint density at radius 3 is 2.82 bits per heavy atom. The largest absolute Gasteiger partial charge is 0.308 e. The number of aromatic nitrogens is 2. The quantitative estimate of drug-likeness (QED) is 0.850. The Morgan fingerprint density at radius 2 is 2.18 bits per heavy atom. The monoisotopic (exact) mass is 235 g/mol. The first-order valence-corrected chi connectivity index (χ1v) is 6.97. The molecule has 3 nitrogen and oxygen atoms in total. The summed E-state index contributed by atoms with van der Waals surface area (Å²) in [6.07, 6.45) is 5.64. The molecule has 0 aliphatic heterocycles. The minimum atomic E-state index is 0.637. The molecule has 1 aliphatic carbocycles. The van der Waals surface area contributed by atoms with Crippen LogP contribution in [-0.2, 0) is 13.1 Å². The Kier molecular flexibility index (Phi) is 4.21. The highest BCUT2D eigenvalue weighted by molar-refractivity contribution is 5.08. The Bertz CT molecular complexity index is 350. The van der Waals surface area contributed by atoms with E-state index in [1.54, 1.807) is 0 Å². The second-order valence-corrected chi connectivity index (χ2v) is 5.31. The van der Waals surface area contributed by atoms with E-state index in [0.717, 1.165) is 24.7 Å². The van der Waals surface area contributed by atoms with Gasteiger partial charge in [0.05, 0.1) is 11.4 Å². The first-order chi connectivity index (χ1) is 8.20. The van der Waals surface area contributed by atoms with Crippen molar-refractivity contribution in [2.75, 3.05) is 0 Å². The molecule has 0 bridgehead atoms. The highest BCUT2D eigenvalue weighted by atomic mass is 15.3. The van der Waals surface area contributed by atoms with Crippen molar-refractivity contribution >= 4 is 0 Å². The molecular formula is C14H25N3. The molecule has 1 aliphatic rings. The summed E-state index contributed by atoms with van der Waals surface area (Å²) in [4.78, 5) is 0. The van der Waals surface area contributed by atoms with Crippen molar-refractivity contribution in [3.63, 3.8) is 0 Å². The van der Waals surface area contributed by atoms with E-state index in [4.69, 9.17) is 0 Å². The fourth-order valence-electron chi connectivity index (χ4n) is 2.90. The Morgan fingerprint density at radius 1 is 1.47 bits per heavy atom. The van der Waals surface area contributed by atoms with E-state index in [0.29, 0.717) is 6.04 Å². The van der Waals surface area contributed by atoms with Crippen LogP contribution in [0.3, 0.4) is 0 Å². The summed E-state index contributed by atoms with van der Waals surface area (Å²) in [5, 5.41) is 8.15. The molecule has 1 N–H and O–H groups in total. The number of nitrogens with one attached hydrogen (secondary N) is 1. The summed E-state index contributed by atoms with van der Waals surface area (Å²) in [5.74, 6) is 0.883. The second-order valence-electron chi connectivity index (χ2n) is 5.31. The molecule has 0 spiro atoms. The van der Waals surface area contributed by atoms with Crippen molar-refractivity contribution in [1.82, 2.24) is 15.1 Å². The maximum absolute atomic E-state index is 4.48. The smallest absolute Gasteiger partial charge is 0.0597 e. The van der Waals surface area contributed by atoms with Crippen LogP contribution in [0, 0.1) is 12.8 Å². The van der Waals surface area contributed by atoms with Crippen LogP contribution in [0.5, 0.6) is 0 Å². The lowest BCUT2D eigenvalue weighted by atomic mass is 10.00. The van der Waals surface area contributed by atoms with Crippen LogP contribution in [-0.4, -0.2) is 15.8 Å². The zero-order chi connectivity index (χ0) is 12.3. The van der Waals surface area contributed by atoms with Crippen molar-refractivity contribution in [2.45, 2.75) is 65.6 Å². The topological polar surface area (TPSA) is 29.9 Å². The third kappa shape index (κ3) is 3.09. The van der Waals surface area contributed by atoms with Crippen LogP contribution in [0.4, 0.5) is 0 Å². The molecule has 96 valence electrons. The molecule has 0 saturated heterocycles. The predicted octanol–water partition coefficient (Wildman–Crippen LogP) is 2.88. The van der Waals surface area contributed by atoms with Gasteiger partial charge in [0.15, 0.2) is 0 Å². The molecule has 2 rings (SSSR count). The van der Waals surface area contributed by atoms with Crippen molar-refractivity contribution < 1.29 is 0 Å². The van der Waals surface area contributed by atoms with Crippen LogP contribution in [0.25, 0.3) is 0 Å². The number of hydrogen-bond donors (Lipinski definition) is 1. The second kappa shape index (κ2) is 5.67. The van der Waals surface area contributed by atoms with E-state index in [-0.39, 0.29) is 0 Å². The maximum atomic E-state index is 4.48. The zero-order valence-electron chi connectivity index (χ0n) is 11.4. The molecule has 17 heavy (non-hydrogen) atoms. The van der Waals surface area contributed by atoms with E-state index in [2.05, 4.69) is 41.9 Å². The van der Waals surface area contributed by atoms with Gasteiger partial charge in [-0.25, -0.2) is 0 Å². The van der Waals surface area contributed by atoms with Crippen molar-refractivity contribution in [3.05, 3.63) is 17.5 Å². The van der Waals surface area contributed by atoms with Crippen molar-refractivity contribution in [1.29, 1.82) is 0 Å². The molecule has 1 unspecified atom stereocenters. The lowest BCUT2D eigenvalue weighted by molar-refractivity contribution is 0.375. The van der Waals surface area contributed by atoms with Crippen molar-refractivity contribution in [3.8, 4) is 0 Å². The average molecular weight is 235 g/mol. The number of aryl methyl sites for hydroxylation is 2. The first kappa shape index (κ1) is 12.6. The van der Waals surface area contributed by atoms with Crippen LogP contribution >= 0.6 is 0 Å². The summed E-state index contributed by atoms with van der Waals surface area (Å²) in [7, 11) is 0. The highest BCUT2D eigenvalue weighted by Crippen LogP contribution is 2.27. The third-order valence-corrected chi connectivity index (χ3v) is 4.00. The van der Waals surface area contributed by atoms with Gasteiger partial charge in [-0.15, -0.1) is 0 Å². The van der Waals surface area contributed by atoms with Gasteiger partial charge in [-0.1, -0.05) is 12.8 Å². The molecule has 1 aromatic heterocycles. The summed E-state index contributed by atoms with van der Waals surface area (Å²) < 4.78 is 2.10. The van der Waals surface area contributed by atoms with Gasteiger partial charge in [-0.05, 0) is 45.6 Å². The van der Waals surface area contributed by atoms with Gasteiger partial charge in [-0.2, -0.15) is 5.10 Å². The molecule has 0 aromatic carbocycles. The molecule has 1 heterocycles. The molecule has 3 heteroatoms. The highest BCUT2D eigenvalue weighted by Gasteiger charge is 2.21. The summed E-state index contributed by atoms with van der Waals surface area (Å²) in [6, 6.07) is 2.83. The summed E-state index contributed by atoms with van der Waals surface area (Å²) in [6.45, 7) is 8.46. The Hall–Kier alpha value is -0.830. The van der Waals surface area contributed by atoms with E-state index in [1.165, 1.54) is 31.4 Å². The van der Waals surface area contributed by atoms with E-state index in [9.17, 15) is 0 Å². The number of nitrogens with zero attached hydrogens (tertiary/aromatic N) is 2. The molecule has 1 aromatic rings. The SMILES string of the molecule is CCn1nc(C)cc1CNC(C)C1CCCC1. The summed E-state index contributed by atoms with van der Waals surface area (Å²) >= 11 is 0. The van der Waals surface area contributed by atoms with Crippen LogP contribution in [0.15, 0.2) is 6.07 Å². The van der Waals surface area contributed by atoms with Gasteiger partial charge in [0.2, 0.25) is 0 Å². The third-order valence-electron chi connectivity index (χ3n) is 4.00. The first-order valence-electron chi connectivity index (χ1n) is 6.97. The summed E-state index contributed by atoms with van der Waals surface area (Å²) in [5.41, 5.74) is 2.44.